The van der Waals surface area contributed by atoms with Crippen molar-refractivity contribution in [2.75, 3.05) is 6.54 Å². The Morgan fingerprint density at radius 1 is 1.18 bits per heavy atom. The topological polar surface area (TPSA) is 127 Å². The largest absolute Gasteiger partial charge is 0.438 e. The van der Waals surface area contributed by atoms with Crippen molar-refractivity contribution in [3.63, 3.8) is 0 Å². The molecule has 1 aliphatic rings. The molecular weight excluding hydrogens is 429 g/mol. The molecule has 4 aromatic heterocycles. The zero-order valence-electron chi connectivity index (χ0n) is 17.3. The Morgan fingerprint density at radius 2 is 2.09 bits per heavy atom. The molecule has 0 saturated heterocycles. The van der Waals surface area contributed by atoms with Crippen molar-refractivity contribution in [2.45, 2.75) is 19.4 Å². The van der Waals surface area contributed by atoms with Gasteiger partial charge in [-0.1, -0.05) is 12.1 Å². The number of hydrogen-bond donors (Lipinski definition) is 1. The molecule has 33 heavy (non-hydrogen) atoms. The van der Waals surface area contributed by atoms with Gasteiger partial charge in [0.25, 0.3) is 5.89 Å². The Labute approximate surface area is 185 Å². The normalized spacial score (nSPS) is 15.7. The van der Waals surface area contributed by atoms with E-state index in [1.54, 1.807) is 6.33 Å². The van der Waals surface area contributed by atoms with Gasteiger partial charge in [0.05, 0.1) is 12.0 Å². The first-order valence-electron chi connectivity index (χ1n) is 10.2. The molecule has 1 amide bonds. The Kier molecular flexibility index (Phi) is 4.28. The van der Waals surface area contributed by atoms with E-state index in [0.717, 1.165) is 11.3 Å². The van der Waals surface area contributed by atoms with E-state index in [4.69, 9.17) is 8.83 Å². The first-order valence-corrected chi connectivity index (χ1v) is 10.2. The number of oxazole rings is 1. The number of fused-ring (bicyclic) bond motifs is 2. The number of nitrogens with one attached hydrogen (secondary N) is 1. The van der Waals surface area contributed by atoms with Gasteiger partial charge in [-0.25, -0.2) is 19.3 Å². The Morgan fingerprint density at radius 3 is 2.94 bits per heavy atom. The summed E-state index contributed by atoms with van der Waals surface area (Å²) in [5.74, 6) is -1.30. The number of aromatic nitrogens is 6. The fourth-order valence-electron chi connectivity index (χ4n) is 4.04. The lowest BCUT2D eigenvalue weighted by Gasteiger charge is -2.31. The minimum Gasteiger partial charge on any atom is -0.438 e. The fourth-order valence-corrected chi connectivity index (χ4v) is 4.04. The van der Waals surface area contributed by atoms with Crippen LogP contribution >= 0.6 is 0 Å². The molecule has 1 atom stereocenters. The van der Waals surface area contributed by atoms with Gasteiger partial charge in [0.2, 0.25) is 5.89 Å². The van der Waals surface area contributed by atoms with Crippen LogP contribution in [-0.2, 0) is 6.42 Å². The third-order valence-electron chi connectivity index (χ3n) is 5.62. The number of imidazole rings is 1. The number of para-hydroxylation sites is 1. The standard InChI is InChI=1S/C22H16FN7O3/c1-11-4-2-6-14-18(11)32-20(27-14)17-16-13(25-10-26-16)7-9-30(17)22(31)21-29-28-19(33-21)15-12(23)5-3-8-24-15/h2-6,8,10,17H,7,9H2,1H3,(H,25,26)/t17-/m0/s1. The number of carbonyl (C=O) groups excluding carboxylic acids is 1. The lowest BCUT2D eigenvalue weighted by atomic mass is 10.0. The first-order chi connectivity index (χ1) is 16.1. The molecule has 0 aliphatic carbocycles. The molecule has 6 rings (SSSR count). The number of halogens is 1. The van der Waals surface area contributed by atoms with Crippen molar-refractivity contribution in [3.05, 3.63) is 77.4 Å². The second kappa shape index (κ2) is 7.33. The van der Waals surface area contributed by atoms with Gasteiger partial charge in [-0.15, -0.1) is 10.2 Å². The van der Waals surface area contributed by atoms with Gasteiger partial charge < -0.3 is 18.7 Å². The van der Waals surface area contributed by atoms with E-state index in [9.17, 15) is 9.18 Å². The van der Waals surface area contributed by atoms with Gasteiger partial charge in [-0.2, -0.15) is 0 Å². The predicted molar refractivity (Wildman–Crippen MR) is 111 cm³/mol. The third-order valence-corrected chi connectivity index (χ3v) is 5.62. The van der Waals surface area contributed by atoms with Gasteiger partial charge in [0, 0.05) is 24.9 Å². The summed E-state index contributed by atoms with van der Waals surface area (Å²) >= 11 is 0. The van der Waals surface area contributed by atoms with Gasteiger partial charge in [-0.3, -0.25) is 4.79 Å². The zero-order chi connectivity index (χ0) is 22.5. The molecule has 0 unspecified atom stereocenters. The number of pyridine rings is 1. The van der Waals surface area contributed by atoms with Crippen LogP contribution in [0.5, 0.6) is 0 Å². The average Bonchev–Trinajstić information content (AvgIpc) is 3.57. The first kappa shape index (κ1) is 19.3. The molecule has 0 fully saturated rings. The van der Waals surface area contributed by atoms with E-state index in [0.29, 0.717) is 35.6 Å². The van der Waals surface area contributed by atoms with E-state index in [2.05, 4.69) is 30.1 Å². The average molecular weight is 445 g/mol. The van der Waals surface area contributed by atoms with Crippen LogP contribution in [0.2, 0.25) is 0 Å². The molecule has 5 heterocycles. The quantitative estimate of drug-likeness (QED) is 0.448. The van der Waals surface area contributed by atoms with Gasteiger partial charge in [0.1, 0.15) is 5.52 Å². The zero-order valence-corrected chi connectivity index (χ0v) is 17.3. The van der Waals surface area contributed by atoms with Crippen LogP contribution in [0.4, 0.5) is 4.39 Å². The highest BCUT2D eigenvalue weighted by atomic mass is 19.1. The number of aryl methyl sites for hydroxylation is 1. The van der Waals surface area contributed by atoms with Crippen LogP contribution in [0.3, 0.4) is 0 Å². The second-order valence-electron chi connectivity index (χ2n) is 7.64. The molecule has 1 aliphatic heterocycles. The maximum absolute atomic E-state index is 14.1. The number of carbonyl (C=O) groups is 1. The Hall–Kier alpha value is -4.41. The number of H-pyrrole nitrogens is 1. The second-order valence-corrected chi connectivity index (χ2v) is 7.64. The van der Waals surface area contributed by atoms with Crippen LogP contribution in [-0.4, -0.2) is 47.5 Å². The molecule has 0 radical (unpaired) electrons. The lowest BCUT2D eigenvalue weighted by molar-refractivity contribution is 0.0627. The van der Waals surface area contributed by atoms with Crippen LogP contribution in [0.25, 0.3) is 22.7 Å². The Bertz CT molecular complexity index is 1500. The summed E-state index contributed by atoms with van der Waals surface area (Å²) in [6.07, 6.45) is 3.53. The van der Waals surface area contributed by atoms with Crippen molar-refractivity contribution in [1.29, 1.82) is 0 Å². The molecular formula is C22H16FN7O3. The van der Waals surface area contributed by atoms with Crippen molar-refractivity contribution in [2.24, 2.45) is 0 Å². The van der Waals surface area contributed by atoms with Crippen molar-refractivity contribution < 1.29 is 18.0 Å². The van der Waals surface area contributed by atoms with E-state index in [1.807, 2.05) is 25.1 Å². The minimum absolute atomic E-state index is 0.122. The molecule has 0 bridgehead atoms. The summed E-state index contributed by atoms with van der Waals surface area (Å²) in [4.78, 5) is 31.0. The monoisotopic (exact) mass is 445 g/mol. The van der Waals surface area contributed by atoms with Gasteiger partial charge >= 0.3 is 11.8 Å². The van der Waals surface area contributed by atoms with Crippen LogP contribution in [0.1, 0.15) is 39.6 Å². The van der Waals surface area contributed by atoms with Gasteiger partial charge in [-0.05, 0) is 30.7 Å². The maximum atomic E-state index is 14.1. The molecule has 164 valence electrons. The minimum atomic E-state index is -0.693. The van der Waals surface area contributed by atoms with Gasteiger partial charge in [0.15, 0.2) is 23.1 Å². The highest BCUT2D eigenvalue weighted by Crippen LogP contribution is 2.36. The summed E-state index contributed by atoms with van der Waals surface area (Å²) < 4.78 is 25.7. The summed E-state index contributed by atoms with van der Waals surface area (Å²) in [5.41, 5.74) is 3.67. The molecule has 11 heteroatoms. The van der Waals surface area contributed by atoms with Crippen molar-refractivity contribution >= 4 is 17.0 Å². The summed E-state index contributed by atoms with van der Waals surface area (Å²) in [6, 6.07) is 7.65. The molecule has 5 aromatic rings. The van der Waals surface area contributed by atoms with E-state index in [1.165, 1.54) is 23.2 Å². The molecule has 0 spiro atoms. The number of aromatic amines is 1. The van der Waals surface area contributed by atoms with E-state index >= 15 is 0 Å². The van der Waals surface area contributed by atoms with Crippen LogP contribution < -0.4 is 0 Å². The summed E-state index contributed by atoms with van der Waals surface area (Å²) in [6.45, 7) is 2.27. The number of amides is 1. The number of rotatable bonds is 3. The molecule has 10 nitrogen and oxygen atoms in total. The lowest BCUT2D eigenvalue weighted by Crippen LogP contribution is -2.41. The van der Waals surface area contributed by atoms with E-state index in [-0.39, 0.29) is 17.5 Å². The summed E-state index contributed by atoms with van der Waals surface area (Å²) in [7, 11) is 0. The van der Waals surface area contributed by atoms with E-state index < -0.39 is 17.8 Å². The number of hydrogen-bond acceptors (Lipinski definition) is 8. The fraction of sp³-hybridized carbons (Fsp3) is 0.182. The predicted octanol–water partition coefficient (Wildman–Crippen LogP) is 3.23. The van der Waals surface area contributed by atoms with Crippen molar-refractivity contribution in [1.82, 2.24) is 35.0 Å². The smallest absolute Gasteiger partial charge is 0.312 e. The molecule has 1 aromatic carbocycles. The SMILES string of the molecule is Cc1cccc2nc([C@@H]3c4nc[nH]c4CCN3C(=O)c3nnc(-c4ncccc4F)o3)oc12. The number of nitrogens with zero attached hydrogens (tertiary/aromatic N) is 6. The highest BCUT2D eigenvalue weighted by Gasteiger charge is 2.39. The molecule has 0 saturated carbocycles. The van der Waals surface area contributed by atoms with Crippen LogP contribution in [0.15, 0.2) is 51.7 Å². The molecule has 1 N–H and O–H groups in total. The van der Waals surface area contributed by atoms with Crippen LogP contribution in [0, 0.1) is 12.7 Å². The van der Waals surface area contributed by atoms with Crippen molar-refractivity contribution in [3.8, 4) is 11.6 Å². The maximum Gasteiger partial charge on any atom is 0.312 e. The number of benzene rings is 1. The summed E-state index contributed by atoms with van der Waals surface area (Å²) in [5, 5.41) is 7.66. The highest BCUT2D eigenvalue weighted by molar-refractivity contribution is 5.90. The third kappa shape index (κ3) is 3.08. The Balaban J connectivity index is 1.41.